The van der Waals surface area contributed by atoms with Crippen LogP contribution >= 0.6 is 11.6 Å². The molecular weight excluding hydrogens is 319 g/mol. The molecule has 0 bridgehead atoms. The van der Waals surface area contributed by atoms with Gasteiger partial charge in [0.25, 0.3) is 0 Å². The first-order valence-electron chi connectivity index (χ1n) is 7.15. The third-order valence-corrected chi connectivity index (χ3v) is 3.48. The Kier molecular flexibility index (Phi) is 5.87. The SMILES string of the molecule is CN(C)c1nccc(CNC(=O)CCc2ccc(F)c(Cl)c2)n1. The molecule has 1 aromatic carbocycles. The Hall–Kier alpha value is -2.21. The molecule has 0 radical (unpaired) electrons. The van der Waals surface area contributed by atoms with E-state index in [-0.39, 0.29) is 10.9 Å². The second-order valence-corrected chi connectivity index (χ2v) is 5.67. The lowest BCUT2D eigenvalue weighted by molar-refractivity contribution is -0.121. The normalized spacial score (nSPS) is 10.4. The van der Waals surface area contributed by atoms with Crippen LogP contribution in [-0.4, -0.2) is 30.0 Å². The third kappa shape index (κ3) is 5.17. The van der Waals surface area contributed by atoms with Crippen molar-refractivity contribution in [1.29, 1.82) is 0 Å². The molecule has 0 aliphatic carbocycles. The molecule has 0 aliphatic heterocycles. The summed E-state index contributed by atoms with van der Waals surface area (Å²) in [6, 6.07) is 6.23. The van der Waals surface area contributed by atoms with E-state index in [9.17, 15) is 9.18 Å². The average Bonchev–Trinajstić information content (AvgIpc) is 2.54. The van der Waals surface area contributed by atoms with Crippen molar-refractivity contribution >= 4 is 23.5 Å². The minimum Gasteiger partial charge on any atom is -0.350 e. The van der Waals surface area contributed by atoms with Gasteiger partial charge in [-0.15, -0.1) is 0 Å². The zero-order valence-electron chi connectivity index (χ0n) is 13.0. The lowest BCUT2D eigenvalue weighted by Crippen LogP contribution is -2.24. The van der Waals surface area contributed by atoms with Crippen molar-refractivity contribution in [2.45, 2.75) is 19.4 Å². The Morgan fingerprint density at radius 1 is 1.35 bits per heavy atom. The van der Waals surface area contributed by atoms with E-state index in [1.807, 2.05) is 14.1 Å². The van der Waals surface area contributed by atoms with Crippen molar-refractivity contribution in [3.63, 3.8) is 0 Å². The zero-order valence-corrected chi connectivity index (χ0v) is 13.8. The van der Waals surface area contributed by atoms with Crippen molar-refractivity contribution in [3.05, 3.63) is 52.6 Å². The van der Waals surface area contributed by atoms with Crippen LogP contribution in [0.1, 0.15) is 17.7 Å². The van der Waals surface area contributed by atoms with Crippen LogP contribution in [0.4, 0.5) is 10.3 Å². The summed E-state index contributed by atoms with van der Waals surface area (Å²) in [5, 5.41) is 2.88. The standard InChI is InChI=1S/C16H18ClFN4O/c1-22(2)16-19-8-7-12(21-16)10-20-15(23)6-4-11-3-5-14(18)13(17)9-11/h3,5,7-9H,4,6,10H2,1-2H3,(H,20,23). The van der Waals surface area contributed by atoms with E-state index in [4.69, 9.17) is 11.6 Å². The molecule has 5 nitrogen and oxygen atoms in total. The lowest BCUT2D eigenvalue weighted by atomic mass is 10.1. The fraction of sp³-hybridized carbons (Fsp3) is 0.312. The van der Waals surface area contributed by atoms with Crippen LogP contribution in [0.5, 0.6) is 0 Å². The maximum Gasteiger partial charge on any atom is 0.225 e. The Morgan fingerprint density at radius 3 is 2.83 bits per heavy atom. The van der Waals surface area contributed by atoms with Crippen LogP contribution in [0.2, 0.25) is 5.02 Å². The monoisotopic (exact) mass is 336 g/mol. The van der Waals surface area contributed by atoms with Gasteiger partial charge in [0.2, 0.25) is 11.9 Å². The first-order valence-corrected chi connectivity index (χ1v) is 7.53. The summed E-state index contributed by atoms with van der Waals surface area (Å²) >= 11 is 5.72. The molecule has 0 spiro atoms. The second kappa shape index (κ2) is 7.87. The van der Waals surface area contributed by atoms with Crippen LogP contribution in [-0.2, 0) is 17.8 Å². The van der Waals surface area contributed by atoms with Gasteiger partial charge in [0.15, 0.2) is 0 Å². The van der Waals surface area contributed by atoms with Gasteiger partial charge in [-0.25, -0.2) is 14.4 Å². The molecule has 1 amide bonds. The highest BCUT2D eigenvalue weighted by molar-refractivity contribution is 6.30. The van der Waals surface area contributed by atoms with Gasteiger partial charge in [-0.3, -0.25) is 4.79 Å². The van der Waals surface area contributed by atoms with Gasteiger partial charge in [0.05, 0.1) is 17.3 Å². The fourth-order valence-electron chi connectivity index (χ4n) is 1.93. The van der Waals surface area contributed by atoms with Gasteiger partial charge < -0.3 is 10.2 Å². The van der Waals surface area contributed by atoms with Gasteiger partial charge in [-0.05, 0) is 30.2 Å². The largest absolute Gasteiger partial charge is 0.350 e. The zero-order chi connectivity index (χ0) is 16.8. The molecule has 0 aliphatic rings. The summed E-state index contributed by atoms with van der Waals surface area (Å²) in [7, 11) is 3.71. The first-order chi connectivity index (χ1) is 11.0. The number of nitrogens with one attached hydrogen (secondary N) is 1. The Bertz CT molecular complexity index is 694. The van der Waals surface area contributed by atoms with Crippen molar-refractivity contribution < 1.29 is 9.18 Å². The molecule has 0 saturated carbocycles. The number of carbonyl (C=O) groups is 1. The van der Waals surface area contributed by atoms with Gasteiger partial charge in [0.1, 0.15) is 5.82 Å². The number of aromatic nitrogens is 2. The quantitative estimate of drug-likeness (QED) is 0.881. The number of hydrogen-bond acceptors (Lipinski definition) is 4. The predicted octanol–water partition coefficient (Wildman–Crippen LogP) is 2.58. The Balaban J connectivity index is 1.83. The number of amides is 1. The number of carbonyl (C=O) groups excluding carboxylic acids is 1. The molecule has 0 atom stereocenters. The smallest absolute Gasteiger partial charge is 0.225 e. The van der Waals surface area contributed by atoms with Crippen LogP contribution in [0.15, 0.2) is 30.5 Å². The first kappa shape index (κ1) is 17.1. The van der Waals surface area contributed by atoms with Crippen molar-refractivity contribution in [2.24, 2.45) is 0 Å². The number of hydrogen-bond donors (Lipinski definition) is 1. The summed E-state index contributed by atoms with van der Waals surface area (Å²) in [4.78, 5) is 22.1. The lowest BCUT2D eigenvalue weighted by Gasteiger charge is -2.11. The van der Waals surface area contributed by atoms with E-state index < -0.39 is 5.82 Å². The molecule has 0 unspecified atom stereocenters. The molecule has 7 heteroatoms. The summed E-state index contributed by atoms with van der Waals surface area (Å²) in [5.74, 6) is 0.0356. The minimum atomic E-state index is -0.458. The molecule has 2 aromatic rings. The maximum absolute atomic E-state index is 13.1. The summed E-state index contributed by atoms with van der Waals surface area (Å²) < 4.78 is 13.1. The van der Waals surface area contributed by atoms with E-state index in [2.05, 4.69) is 15.3 Å². The van der Waals surface area contributed by atoms with Crippen molar-refractivity contribution in [1.82, 2.24) is 15.3 Å². The van der Waals surface area contributed by atoms with Crippen LogP contribution < -0.4 is 10.2 Å². The van der Waals surface area contributed by atoms with E-state index >= 15 is 0 Å². The van der Waals surface area contributed by atoms with Gasteiger partial charge >= 0.3 is 0 Å². The highest BCUT2D eigenvalue weighted by Crippen LogP contribution is 2.17. The summed E-state index contributed by atoms with van der Waals surface area (Å²) in [6.07, 6.45) is 2.45. The molecule has 122 valence electrons. The number of benzene rings is 1. The van der Waals surface area contributed by atoms with Gasteiger partial charge in [0, 0.05) is 26.7 Å². The summed E-state index contributed by atoms with van der Waals surface area (Å²) in [6.45, 7) is 0.340. The Morgan fingerprint density at radius 2 is 2.13 bits per heavy atom. The average molecular weight is 337 g/mol. The molecule has 1 aromatic heterocycles. The van der Waals surface area contributed by atoms with Crippen LogP contribution in [0, 0.1) is 5.82 Å². The predicted molar refractivity (Wildman–Crippen MR) is 87.9 cm³/mol. The van der Waals surface area contributed by atoms with E-state index in [0.717, 1.165) is 11.3 Å². The van der Waals surface area contributed by atoms with E-state index in [1.54, 1.807) is 23.2 Å². The topological polar surface area (TPSA) is 58.1 Å². The molecule has 1 heterocycles. The van der Waals surface area contributed by atoms with Gasteiger partial charge in [-0.1, -0.05) is 17.7 Å². The van der Waals surface area contributed by atoms with Crippen molar-refractivity contribution in [2.75, 3.05) is 19.0 Å². The molecular formula is C16H18ClFN4O. The Labute approximate surface area is 139 Å². The van der Waals surface area contributed by atoms with Crippen LogP contribution in [0.25, 0.3) is 0 Å². The number of aryl methyl sites for hydroxylation is 1. The fourth-order valence-corrected chi connectivity index (χ4v) is 2.13. The van der Waals surface area contributed by atoms with Crippen LogP contribution in [0.3, 0.4) is 0 Å². The maximum atomic E-state index is 13.1. The number of anilines is 1. The molecule has 1 N–H and O–H groups in total. The number of nitrogens with zero attached hydrogens (tertiary/aromatic N) is 3. The number of halogens is 2. The minimum absolute atomic E-state index is 0.0695. The van der Waals surface area contributed by atoms with Crippen molar-refractivity contribution in [3.8, 4) is 0 Å². The summed E-state index contributed by atoms with van der Waals surface area (Å²) in [5.41, 5.74) is 1.56. The van der Waals surface area contributed by atoms with Gasteiger partial charge in [-0.2, -0.15) is 0 Å². The molecule has 0 saturated heterocycles. The van der Waals surface area contributed by atoms with E-state index in [1.165, 1.54) is 12.1 Å². The highest BCUT2D eigenvalue weighted by atomic mass is 35.5. The highest BCUT2D eigenvalue weighted by Gasteiger charge is 2.06. The molecule has 0 fully saturated rings. The second-order valence-electron chi connectivity index (χ2n) is 5.27. The van der Waals surface area contributed by atoms with E-state index in [0.29, 0.717) is 25.3 Å². The molecule has 23 heavy (non-hydrogen) atoms. The number of rotatable bonds is 6. The third-order valence-electron chi connectivity index (χ3n) is 3.19. The molecule has 2 rings (SSSR count).